The van der Waals surface area contributed by atoms with E-state index in [1.54, 1.807) is 4.90 Å². The average Bonchev–Trinajstić information content (AvgIpc) is 2.95. The Hall–Kier alpha value is -2.03. The van der Waals surface area contributed by atoms with Crippen LogP contribution < -0.4 is 0 Å². The summed E-state index contributed by atoms with van der Waals surface area (Å²) in [6.45, 7) is 1.54. The summed E-state index contributed by atoms with van der Waals surface area (Å²) in [5, 5.41) is 2.52. The molecule has 1 atom stereocenters. The normalized spacial score (nSPS) is 18.8. The Morgan fingerprint density at radius 1 is 1.21 bits per heavy atom. The van der Waals surface area contributed by atoms with Gasteiger partial charge in [-0.1, -0.05) is 42.5 Å². The summed E-state index contributed by atoms with van der Waals surface area (Å²) in [6.07, 6.45) is 0.788. The van der Waals surface area contributed by atoms with Crippen LogP contribution in [0.25, 0.3) is 10.8 Å². The lowest BCUT2D eigenvalue weighted by atomic mass is 9.96. The van der Waals surface area contributed by atoms with Gasteiger partial charge in [0, 0.05) is 19.0 Å². The fourth-order valence-corrected chi connectivity index (χ4v) is 2.79. The van der Waals surface area contributed by atoms with Gasteiger partial charge < -0.3 is 9.64 Å². The van der Waals surface area contributed by atoms with E-state index in [2.05, 4.69) is 42.5 Å². The van der Waals surface area contributed by atoms with Crippen molar-refractivity contribution >= 4 is 16.9 Å². The highest BCUT2D eigenvalue weighted by Crippen LogP contribution is 2.29. The number of ether oxygens (including phenoxy) is 1. The lowest BCUT2D eigenvalue weighted by Gasteiger charge is -2.15. The molecule has 1 aliphatic heterocycles. The number of likely N-dealkylation sites (tertiary alicyclic amines) is 1. The molecule has 0 aromatic heterocycles. The van der Waals surface area contributed by atoms with Crippen molar-refractivity contribution in [3.8, 4) is 0 Å². The summed E-state index contributed by atoms with van der Waals surface area (Å²) < 4.78 is 4.78. The number of carbonyl (C=O) groups is 1. The van der Waals surface area contributed by atoms with Gasteiger partial charge in [-0.15, -0.1) is 0 Å². The van der Waals surface area contributed by atoms with Gasteiger partial charge in [0.05, 0.1) is 7.11 Å². The van der Waals surface area contributed by atoms with Crippen LogP contribution in [0.2, 0.25) is 0 Å². The molecule has 0 bridgehead atoms. The largest absolute Gasteiger partial charge is 0.453 e. The van der Waals surface area contributed by atoms with Crippen LogP contribution in [-0.2, 0) is 4.74 Å². The van der Waals surface area contributed by atoms with Crippen LogP contribution in [0, 0.1) is 0 Å². The summed E-state index contributed by atoms with van der Waals surface area (Å²) >= 11 is 0. The third kappa shape index (κ3) is 2.28. The zero-order valence-electron chi connectivity index (χ0n) is 11.0. The molecule has 0 aliphatic carbocycles. The van der Waals surface area contributed by atoms with E-state index in [-0.39, 0.29) is 6.09 Å². The molecule has 2 aromatic rings. The molecule has 1 heterocycles. The number of methoxy groups -OCH3 is 1. The van der Waals surface area contributed by atoms with Crippen LogP contribution in [0.4, 0.5) is 4.79 Å². The molecule has 0 spiro atoms. The van der Waals surface area contributed by atoms with E-state index in [1.807, 2.05) is 0 Å². The summed E-state index contributed by atoms with van der Waals surface area (Å²) in [4.78, 5) is 13.3. The van der Waals surface area contributed by atoms with E-state index >= 15 is 0 Å². The van der Waals surface area contributed by atoms with E-state index in [4.69, 9.17) is 4.74 Å². The maximum Gasteiger partial charge on any atom is 0.409 e. The molecule has 1 unspecified atom stereocenters. The number of amides is 1. The number of carbonyl (C=O) groups excluding carboxylic acids is 1. The van der Waals surface area contributed by atoms with Gasteiger partial charge in [0.2, 0.25) is 0 Å². The minimum absolute atomic E-state index is 0.219. The van der Waals surface area contributed by atoms with Crippen LogP contribution in [0.5, 0.6) is 0 Å². The Morgan fingerprint density at radius 2 is 2.00 bits per heavy atom. The topological polar surface area (TPSA) is 29.5 Å². The van der Waals surface area contributed by atoms with Crippen molar-refractivity contribution in [2.45, 2.75) is 12.3 Å². The van der Waals surface area contributed by atoms with Crippen LogP contribution >= 0.6 is 0 Å². The van der Waals surface area contributed by atoms with E-state index in [1.165, 1.54) is 23.4 Å². The Kier molecular flexibility index (Phi) is 3.11. The second kappa shape index (κ2) is 4.92. The Labute approximate surface area is 112 Å². The second-order valence-corrected chi connectivity index (χ2v) is 5.01. The van der Waals surface area contributed by atoms with Gasteiger partial charge in [-0.3, -0.25) is 0 Å². The lowest BCUT2D eigenvalue weighted by molar-refractivity contribution is 0.132. The summed E-state index contributed by atoms with van der Waals surface area (Å²) in [6, 6.07) is 14.9. The fraction of sp³-hybridized carbons (Fsp3) is 0.312. The maximum atomic E-state index is 11.5. The monoisotopic (exact) mass is 255 g/mol. The van der Waals surface area contributed by atoms with Crippen LogP contribution in [0.3, 0.4) is 0 Å². The molecule has 1 aliphatic rings. The zero-order valence-corrected chi connectivity index (χ0v) is 11.0. The molecule has 2 aromatic carbocycles. The number of hydrogen-bond acceptors (Lipinski definition) is 2. The van der Waals surface area contributed by atoms with Crippen molar-refractivity contribution in [3.05, 3.63) is 48.0 Å². The molecule has 3 rings (SSSR count). The molecule has 98 valence electrons. The summed E-state index contributed by atoms with van der Waals surface area (Å²) in [7, 11) is 1.44. The van der Waals surface area contributed by atoms with Crippen molar-refractivity contribution in [1.29, 1.82) is 0 Å². The first kappa shape index (κ1) is 12.0. The highest BCUT2D eigenvalue weighted by atomic mass is 16.5. The van der Waals surface area contributed by atoms with Crippen LogP contribution in [0.1, 0.15) is 17.9 Å². The highest BCUT2D eigenvalue weighted by molar-refractivity contribution is 5.83. The summed E-state index contributed by atoms with van der Waals surface area (Å²) in [5.74, 6) is 0.420. The third-order valence-corrected chi connectivity index (χ3v) is 3.87. The van der Waals surface area contributed by atoms with Gasteiger partial charge in [0.15, 0.2) is 0 Å². The fourth-order valence-electron chi connectivity index (χ4n) is 2.79. The van der Waals surface area contributed by atoms with Crippen LogP contribution in [-0.4, -0.2) is 31.2 Å². The molecule has 3 nitrogen and oxygen atoms in total. The Morgan fingerprint density at radius 3 is 2.79 bits per heavy atom. The predicted octanol–water partition coefficient (Wildman–Crippen LogP) is 3.40. The first-order chi connectivity index (χ1) is 9.28. The molecule has 1 saturated heterocycles. The van der Waals surface area contributed by atoms with Gasteiger partial charge in [0.25, 0.3) is 0 Å². The van der Waals surface area contributed by atoms with Crippen molar-refractivity contribution in [2.75, 3.05) is 20.2 Å². The molecule has 1 amide bonds. The van der Waals surface area contributed by atoms with Gasteiger partial charge in [-0.05, 0) is 22.8 Å². The van der Waals surface area contributed by atoms with Crippen LogP contribution in [0.15, 0.2) is 42.5 Å². The average molecular weight is 255 g/mol. The smallest absolute Gasteiger partial charge is 0.409 e. The Balaban J connectivity index is 1.83. The lowest BCUT2D eigenvalue weighted by Crippen LogP contribution is -2.28. The minimum atomic E-state index is -0.219. The predicted molar refractivity (Wildman–Crippen MR) is 75.3 cm³/mol. The highest BCUT2D eigenvalue weighted by Gasteiger charge is 2.27. The third-order valence-electron chi connectivity index (χ3n) is 3.87. The number of benzene rings is 2. The SMILES string of the molecule is COC(=O)N1CCC(c2ccc3ccccc3c2)C1. The van der Waals surface area contributed by atoms with E-state index in [0.717, 1.165) is 19.5 Å². The number of rotatable bonds is 1. The van der Waals surface area contributed by atoms with Crippen molar-refractivity contribution < 1.29 is 9.53 Å². The molecule has 3 heteroatoms. The first-order valence-corrected chi connectivity index (χ1v) is 6.59. The molecule has 19 heavy (non-hydrogen) atoms. The van der Waals surface area contributed by atoms with Crippen molar-refractivity contribution in [3.63, 3.8) is 0 Å². The van der Waals surface area contributed by atoms with E-state index in [0.29, 0.717) is 5.92 Å². The van der Waals surface area contributed by atoms with Gasteiger partial charge >= 0.3 is 6.09 Å². The second-order valence-electron chi connectivity index (χ2n) is 5.01. The number of nitrogens with zero attached hydrogens (tertiary/aromatic N) is 1. The van der Waals surface area contributed by atoms with Gasteiger partial charge in [-0.25, -0.2) is 4.79 Å². The number of hydrogen-bond donors (Lipinski definition) is 0. The van der Waals surface area contributed by atoms with Crippen molar-refractivity contribution in [1.82, 2.24) is 4.90 Å². The van der Waals surface area contributed by atoms with Gasteiger partial charge in [0.1, 0.15) is 0 Å². The molecule has 0 saturated carbocycles. The first-order valence-electron chi connectivity index (χ1n) is 6.59. The zero-order chi connectivity index (χ0) is 13.2. The molecule has 0 N–H and O–H groups in total. The van der Waals surface area contributed by atoms with Gasteiger partial charge in [-0.2, -0.15) is 0 Å². The molecular weight excluding hydrogens is 238 g/mol. The molecule has 1 fully saturated rings. The maximum absolute atomic E-state index is 11.5. The number of fused-ring (bicyclic) bond motifs is 1. The van der Waals surface area contributed by atoms with E-state index < -0.39 is 0 Å². The quantitative estimate of drug-likeness (QED) is 0.781. The Bertz CT molecular complexity index is 608. The standard InChI is InChI=1S/C16H17NO2/c1-19-16(18)17-9-8-15(11-17)14-7-6-12-4-2-3-5-13(12)10-14/h2-7,10,15H,8-9,11H2,1H3. The minimum Gasteiger partial charge on any atom is -0.453 e. The van der Waals surface area contributed by atoms with Crippen molar-refractivity contribution in [2.24, 2.45) is 0 Å². The molecule has 0 radical (unpaired) electrons. The van der Waals surface area contributed by atoms with E-state index in [9.17, 15) is 4.79 Å². The summed E-state index contributed by atoms with van der Waals surface area (Å²) in [5.41, 5.74) is 1.31. The molecular formula is C16H17NO2.